The van der Waals surface area contributed by atoms with Crippen LogP contribution in [0.2, 0.25) is 0 Å². The van der Waals surface area contributed by atoms with Crippen molar-refractivity contribution in [1.82, 2.24) is 4.90 Å². The summed E-state index contributed by atoms with van der Waals surface area (Å²) in [7, 11) is 1.64. The molecule has 1 rings (SSSR count). The predicted molar refractivity (Wildman–Crippen MR) is 68.1 cm³/mol. The fourth-order valence-corrected chi connectivity index (χ4v) is 1.48. The lowest BCUT2D eigenvalue weighted by Gasteiger charge is -2.15. The van der Waals surface area contributed by atoms with Gasteiger partial charge in [-0.05, 0) is 35.0 Å². The maximum atomic E-state index is 11.5. The predicted octanol–water partition coefficient (Wildman–Crippen LogP) is 2.84. The number of carbonyl (C=O) groups is 1. The number of nitrogens with one attached hydrogen (secondary N) is 1. The van der Waals surface area contributed by atoms with Gasteiger partial charge in [-0.15, -0.1) is 0 Å². The molecule has 0 spiro atoms. The summed E-state index contributed by atoms with van der Waals surface area (Å²) in [4.78, 5) is 23.2. The Morgan fingerprint density at radius 1 is 1.59 bits per heavy atom. The minimum atomic E-state index is -0.511. The van der Waals surface area contributed by atoms with Crippen molar-refractivity contribution >= 4 is 33.3 Å². The van der Waals surface area contributed by atoms with Crippen molar-refractivity contribution in [2.24, 2.45) is 0 Å². The molecule has 1 aromatic rings. The highest BCUT2D eigenvalue weighted by molar-refractivity contribution is 9.10. The molecule has 2 amide bonds. The highest BCUT2D eigenvalue weighted by Crippen LogP contribution is 2.27. The summed E-state index contributed by atoms with van der Waals surface area (Å²) in [5, 5.41) is 13.3. The lowest BCUT2D eigenvalue weighted by atomic mass is 10.3. The monoisotopic (exact) mass is 301 g/mol. The first-order valence-electron chi connectivity index (χ1n) is 4.91. The Bertz CT molecular complexity index is 450. The Kier molecular flexibility index (Phi) is 4.45. The number of urea groups is 1. The Morgan fingerprint density at radius 3 is 2.76 bits per heavy atom. The topological polar surface area (TPSA) is 75.5 Å². The molecule has 0 aromatic heterocycles. The van der Waals surface area contributed by atoms with Crippen molar-refractivity contribution in [2.75, 3.05) is 18.9 Å². The maximum absolute atomic E-state index is 11.5. The Hall–Kier alpha value is -1.63. The second-order valence-electron chi connectivity index (χ2n) is 3.37. The summed E-state index contributed by atoms with van der Waals surface area (Å²) in [6.07, 6.45) is 0. The van der Waals surface area contributed by atoms with Crippen LogP contribution in [0.15, 0.2) is 22.7 Å². The van der Waals surface area contributed by atoms with Gasteiger partial charge in [-0.2, -0.15) is 0 Å². The molecule has 0 heterocycles. The van der Waals surface area contributed by atoms with Gasteiger partial charge in [0.25, 0.3) is 5.69 Å². The maximum Gasteiger partial charge on any atom is 0.321 e. The molecule has 0 saturated carbocycles. The van der Waals surface area contributed by atoms with Crippen molar-refractivity contribution in [3.63, 3.8) is 0 Å². The van der Waals surface area contributed by atoms with Crippen LogP contribution in [0.3, 0.4) is 0 Å². The van der Waals surface area contributed by atoms with Crippen LogP contribution in [0.25, 0.3) is 0 Å². The van der Waals surface area contributed by atoms with Crippen LogP contribution >= 0.6 is 15.9 Å². The molecule has 7 heteroatoms. The molecule has 1 N–H and O–H groups in total. The zero-order chi connectivity index (χ0) is 13.0. The molecular weight excluding hydrogens is 290 g/mol. The molecule has 0 aliphatic rings. The van der Waals surface area contributed by atoms with E-state index in [1.807, 2.05) is 6.92 Å². The van der Waals surface area contributed by atoms with Crippen LogP contribution in [-0.2, 0) is 0 Å². The van der Waals surface area contributed by atoms with Crippen LogP contribution < -0.4 is 5.32 Å². The normalized spacial score (nSPS) is 9.82. The highest BCUT2D eigenvalue weighted by atomic mass is 79.9. The molecule has 0 unspecified atom stereocenters. The first-order chi connectivity index (χ1) is 7.95. The van der Waals surface area contributed by atoms with Gasteiger partial charge in [-0.3, -0.25) is 10.1 Å². The number of anilines is 1. The van der Waals surface area contributed by atoms with Crippen molar-refractivity contribution in [1.29, 1.82) is 0 Å². The molecule has 0 aliphatic heterocycles. The molecule has 17 heavy (non-hydrogen) atoms. The van der Waals surface area contributed by atoms with E-state index in [2.05, 4.69) is 21.2 Å². The van der Waals surface area contributed by atoms with Gasteiger partial charge in [0, 0.05) is 25.3 Å². The average Bonchev–Trinajstić information content (AvgIpc) is 2.30. The van der Waals surface area contributed by atoms with E-state index in [0.717, 1.165) is 0 Å². The van der Waals surface area contributed by atoms with E-state index < -0.39 is 4.92 Å². The number of hydrogen-bond donors (Lipinski definition) is 1. The quantitative estimate of drug-likeness (QED) is 0.689. The van der Waals surface area contributed by atoms with Crippen LogP contribution in [0.1, 0.15) is 6.92 Å². The van der Waals surface area contributed by atoms with Crippen LogP contribution in [-0.4, -0.2) is 29.4 Å². The molecule has 0 fully saturated rings. The molecule has 0 aliphatic carbocycles. The largest absolute Gasteiger partial charge is 0.328 e. The molecule has 0 radical (unpaired) electrons. The lowest BCUT2D eigenvalue weighted by molar-refractivity contribution is -0.385. The van der Waals surface area contributed by atoms with E-state index in [1.165, 1.54) is 17.0 Å². The number of hydrogen-bond acceptors (Lipinski definition) is 3. The number of rotatable bonds is 3. The minimum Gasteiger partial charge on any atom is -0.328 e. The van der Waals surface area contributed by atoms with E-state index in [0.29, 0.717) is 16.7 Å². The van der Waals surface area contributed by atoms with Crippen molar-refractivity contribution in [2.45, 2.75) is 6.92 Å². The number of nitro benzene ring substituents is 1. The van der Waals surface area contributed by atoms with Gasteiger partial charge in [-0.1, -0.05) is 0 Å². The lowest BCUT2D eigenvalue weighted by Crippen LogP contribution is -2.30. The third-order valence-electron chi connectivity index (χ3n) is 2.22. The van der Waals surface area contributed by atoms with E-state index in [-0.39, 0.29) is 11.7 Å². The third kappa shape index (κ3) is 3.42. The molecular formula is C10H12BrN3O3. The minimum absolute atomic E-state index is 0.0815. The molecule has 0 saturated heterocycles. The van der Waals surface area contributed by atoms with Crippen molar-refractivity contribution < 1.29 is 9.72 Å². The molecule has 6 nitrogen and oxygen atoms in total. The molecule has 0 atom stereocenters. The summed E-state index contributed by atoms with van der Waals surface area (Å²) in [6, 6.07) is 4.13. The van der Waals surface area contributed by atoms with Gasteiger partial charge in [0.15, 0.2) is 0 Å². The molecule has 1 aromatic carbocycles. The van der Waals surface area contributed by atoms with Gasteiger partial charge >= 0.3 is 6.03 Å². The summed E-state index contributed by atoms with van der Waals surface area (Å²) in [6.45, 7) is 2.40. The van der Waals surface area contributed by atoms with Crippen LogP contribution in [0.5, 0.6) is 0 Å². The number of benzene rings is 1. The highest BCUT2D eigenvalue weighted by Gasteiger charge is 2.14. The fraction of sp³-hybridized carbons (Fsp3) is 0.300. The zero-order valence-corrected chi connectivity index (χ0v) is 11.0. The van der Waals surface area contributed by atoms with E-state index in [4.69, 9.17) is 0 Å². The number of nitro groups is 1. The van der Waals surface area contributed by atoms with Crippen LogP contribution in [0.4, 0.5) is 16.2 Å². The first kappa shape index (κ1) is 13.4. The molecule has 0 bridgehead atoms. The second-order valence-corrected chi connectivity index (χ2v) is 4.22. The van der Waals surface area contributed by atoms with Gasteiger partial charge in [0.1, 0.15) is 0 Å². The number of carbonyl (C=O) groups excluding carboxylic acids is 1. The number of halogens is 1. The van der Waals surface area contributed by atoms with Crippen molar-refractivity contribution in [3.8, 4) is 0 Å². The zero-order valence-electron chi connectivity index (χ0n) is 9.44. The Balaban J connectivity index is 2.90. The van der Waals surface area contributed by atoms with Gasteiger partial charge in [0.05, 0.1) is 9.40 Å². The van der Waals surface area contributed by atoms with E-state index >= 15 is 0 Å². The summed E-state index contributed by atoms with van der Waals surface area (Å²) in [5.74, 6) is 0. The SMILES string of the molecule is CCN(C)C(=O)Nc1ccc(Br)c([N+](=O)[O-])c1. The van der Waals surface area contributed by atoms with Crippen molar-refractivity contribution in [3.05, 3.63) is 32.8 Å². The summed E-state index contributed by atoms with van der Waals surface area (Å²) in [5.41, 5.74) is 0.312. The molecule has 92 valence electrons. The summed E-state index contributed by atoms with van der Waals surface area (Å²) >= 11 is 3.08. The first-order valence-corrected chi connectivity index (χ1v) is 5.71. The third-order valence-corrected chi connectivity index (χ3v) is 2.89. The smallest absolute Gasteiger partial charge is 0.321 e. The standard InChI is InChI=1S/C10H12BrN3O3/c1-3-13(2)10(15)12-7-4-5-8(11)9(6-7)14(16)17/h4-6H,3H2,1-2H3,(H,12,15). The van der Waals surface area contributed by atoms with Gasteiger partial charge in [-0.25, -0.2) is 4.79 Å². The number of nitrogens with zero attached hydrogens (tertiary/aromatic N) is 2. The van der Waals surface area contributed by atoms with Crippen LogP contribution in [0, 0.1) is 10.1 Å². The Labute approximate surface area is 107 Å². The van der Waals surface area contributed by atoms with E-state index in [9.17, 15) is 14.9 Å². The van der Waals surface area contributed by atoms with Gasteiger partial charge in [0.2, 0.25) is 0 Å². The second kappa shape index (κ2) is 5.62. The summed E-state index contributed by atoms with van der Waals surface area (Å²) < 4.78 is 0.379. The van der Waals surface area contributed by atoms with Gasteiger partial charge < -0.3 is 10.2 Å². The number of amides is 2. The Morgan fingerprint density at radius 2 is 2.24 bits per heavy atom. The fourth-order valence-electron chi connectivity index (χ4n) is 1.09. The van der Waals surface area contributed by atoms with E-state index in [1.54, 1.807) is 13.1 Å². The average molecular weight is 302 g/mol.